The molecule has 1 aromatic heterocycles. The van der Waals surface area contributed by atoms with Crippen LogP contribution in [0.1, 0.15) is 17.3 Å². The van der Waals surface area contributed by atoms with Crippen molar-refractivity contribution in [2.24, 2.45) is 0 Å². The fraction of sp³-hybridized carbons (Fsp3) is 0.273. The summed E-state index contributed by atoms with van der Waals surface area (Å²) in [4.78, 5) is 14.4. The fourth-order valence-corrected chi connectivity index (χ4v) is 1.60. The van der Waals surface area contributed by atoms with Crippen molar-refractivity contribution >= 4 is 11.4 Å². The van der Waals surface area contributed by atoms with Crippen molar-refractivity contribution in [3.05, 3.63) is 45.6 Å². The Morgan fingerprint density at radius 3 is 2.83 bits per heavy atom. The van der Waals surface area contributed by atoms with Gasteiger partial charge in [-0.3, -0.25) is 10.1 Å². The summed E-state index contributed by atoms with van der Waals surface area (Å²) in [5, 5.41) is 17.6. The Hall–Kier alpha value is -2.44. The van der Waals surface area contributed by atoms with Crippen LogP contribution in [0.3, 0.4) is 0 Å². The topological polar surface area (TPSA) is 94.1 Å². The number of nitrogens with one attached hydrogen (secondary N) is 1. The molecule has 0 fully saturated rings. The molecule has 0 aliphatic rings. The van der Waals surface area contributed by atoms with Crippen LogP contribution in [0.4, 0.5) is 11.4 Å². The molecule has 0 aliphatic heterocycles. The third-order valence-electron chi connectivity index (χ3n) is 2.51. The Bertz CT molecular complexity index is 579. The Morgan fingerprint density at radius 2 is 2.22 bits per heavy atom. The van der Waals surface area contributed by atoms with Crippen molar-refractivity contribution in [2.45, 2.75) is 20.4 Å². The lowest BCUT2D eigenvalue weighted by molar-refractivity contribution is -0.385. The molecule has 0 spiro atoms. The molecule has 1 aromatic carbocycles. The van der Waals surface area contributed by atoms with Crippen molar-refractivity contribution in [3.63, 3.8) is 0 Å². The minimum atomic E-state index is -0.404. The van der Waals surface area contributed by atoms with Gasteiger partial charge >= 0.3 is 0 Å². The summed E-state index contributed by atoms with van der Waals surface area (Å²) in [6.45, 7) is 3.76. The van der Waals surface area contributed by atoms with E-state index in [4.69, 9.17) is 4.52 Å². The maximum atomic E-state index is 10.8. The largest absolute Gasteiger partial charge is 0.377 e. The summed E-state index contributed by atoms with van der Waals surface area (Å²) in [5.74, 6) is 1.00. The van der Waals surface area contributed by atoms with Crippen molar-refractivity contribution in [1.82, 2.24) is 10.1 Å². The first kappa shape index (κ1) is 12.0. The smallest absolute Gasteiger partial charge is 0.274 e. The molecule has 0 saturated carbocycles. The van der Waals surface area contributed by atoms with Crippen LogP contribution in [-0.2, 0) is 6.54 Å². The Morgan fingerprint density at radius 1 is 1.44 bits per heavy atom. The van der Waals surface area contributed by atoms with Crippen molar-refractivity contribution in [1.29, 1.82) is 0 Å². The van der Waals surface area contributed by atoms with E-state index < -0.39 is 4.92 Å². The molecule has 1 heterocycles. The second-order valence-corrected chi connectivity index (χ2v) is 3.79. The average molecular weight is 248 g/mol. The summed E-state index contributed by atoms with van der Waals surface area (Å²) < 4.78 is 4.84. The number of anilines is 1. The van der Waals surface area contributed by atoms with Gasteiger partial charge in [-0.2, -0.15) is 4.98 Å². The molecule has 0 saturated heterocycles. The average Bonchev–Trinajstić information content (AvgIpc) is 2.73. The third kappa shape index (κ3) is 2.45. The number of nitro benzene ring substituents is 1. The van der Waals surface area contributed by atoms with Crippen LogP contribution in [0.15, 0.2) is 22.7 Å². The van der Waals surface area contributed by atoms with Gasteiger partial charge in [0.25, 0.3) is 5.69 Å². The summed E-state index contributed by atoms with van der Waals surface area (Å²) in [7, 11) is 0. The molecular formula is C11H12N4O3. The van der Waals surface area contributed by atoms with Crippen LogP contribution in [0.2, 0.25) is 0 Å². The minimum absolute atomic E-state index is 0.0873. The van der Waals surface area contributed by atoms with Gasteiger partial charge in [-0.25, -0.2) is 0 Å². The molecule has 18 heavy (non-hydrogen) atoms. The zero-order chi connectivity index (χ0) is 13.1. The fourth-order valence-electron chi connectivity index (χ4n) is 1.60. The summed E-state index contributed by atoms with van der Waals surface area (Å²) >= 11 is 0. The highest BCUT2D eigenvalue weighted by molar-refractivity contribution is 5.59. The SMILES string of the molecule is Cc1nc(CNc2cccc([N+](=O)[O-])c2C)no1. The normalized spacial score (nSPS) is 10.3. The molecule has 0 radical (unpaired) electrons. The molecule has 0 aliphatic carbocycles. The summed E-state index contributed by atoms with van der Waals surface area (Å²) in [5.41, 5.74) is 1.36. The first-order valence-corrected chi connectivity index (χ1v) is 5.35. The van der Waals surface area contributed by atoms with Crippen molar-refractivity contribution in [2.75, 3.05) is 5.32 Å². The molecule has 94 valence electrons. The van der Waals surface area contributed by atoms with Crippen molar-refractivity contribution < 1.29 is 9.45 Å². The maximum absolute atomic E-state index is 10.8. The third-order valence-corrected chi connectivity index (χ3v) is 2.51. The van der Waals surface area contributed by atoms with Crippen LogP contribution in [0.25, 0.3) is 0 Å². The lowest BCUT2D eigenvalue weighted by atomic mass is 10.1. The number of hydrogen-bond acceptors (Lipinski definition) is 6. The van der Waals surface area contributed by atoms with E-state index in [1.54, 1.807) is 26.0 Å². The molecule has 1 N–H and O–H groups in total. The monoisotopic (exact) mass is 248 g/mol. The van der Waals surface area contributed by atoms with E-state index in [2.05, 4.69) is 15.5 Å². The van der Waals surface area contributed by atoms with Crippen LogP contribution >= 0.6 is 0 Å². The zero-order valence-electron chi connectivity index (χ0n) is 10.0. The number of aryl methyl sites for hydroxylation is 1. The molecule has 0 amide bonds. The van der Waals surface area contributed by atoms with Gasteiger partial charge in [-0.05, 0) is 13.0 Å². The molecule has 2 rings (SSSR count). The van der Waals surface area contributed by atoms with Gasteiger partial charge in [0.1, 0.15) is 0 Å². The number of rotatable bonds is 4. The molecule has 0 unspecified atom stereocenters. The van der Waals surface area contributed by atoms with Gasteiger partial charge < -0.3 is 9.84 Å². The first-order valence-electron chi connectivity index (χ1n) is 5.35. The highest BCUT2D eigenvalue weighted by Crippen LogP contribution is 2.25. The first-order chi connectivity index (χ1) is 8.58. The highest BCUT2D eigenvalue weighted by Gasteiger charge is 2.13. The van der Waals surface area contributed by atoms with Crippen molar-refractivity contribution in [3.8, 4) is 0 Å². The Labute approximate surface area is 103 Å². The van der Waals surface area contributed by atoms with E-state index in [0.717, 1.165) is 0 Å². The molecule has 2 aromatic rings. The highest BCUT2D eigenvalue weighted by atomic mass is 16.6. The van der Waals surface area contributed by atoms with Gasteiger partial charge in [0.05, 0.1) is 11.5 Å². The number of nitro groups is 1. The van der Waals surface area contributed by atoms with E-state index in [1.807, 2.05) is 0 Å². The van der Waals surface area contributed by atoms with E-state index >= 15 is 0 Å². The molecule has 7 nitrogen and oxygen atoms in total. The summed E-state index contributed by atoms with van der Waals surface area (Å²) in [6, 6.07) is 4.88. The van der Waals surface area contributed by atoms with E-state index in [9.17, 15) is 10.1 Å². The van der Waals surface area contributed by atoms with Crippen LogP contribution in [0, 0.1) is 24.0 Å². The quantitative estimate of drug-likeness (QED) is 0.658. The predicted molar refractivity (Wildman–Crippen MR) is 64.2 cm³/mol. The Kier molecular flexibility index (Phi) is 3.22. The van der Waals surface area contributed by atoms with Gasteiger partial charge in [-0.1, -0.05) is 11.2 Å². The second kappa shape index (κ2) is 4.82. The molecular weight excluding hydrogens is 236 g/mol. The van der Waals surface area contributed by atoms with Gasteiger partial charge in [-0.15, -0.1) is 0 Å². The van der Waals surface area contributed by atoms with Crippen LogP contribution in [0.5, 0.6) is 0 Å². The second-order valence-electron chi connectivity index (χ2n) is 3.79. The maximum Gasteiger partial charge on any atom is 0.274 e. The van der Waals surface area contributed by atoms with Crippen LogP contribution < -0.4 is 5.32 Å². The minimum Gasteiger partial charge on any atom is -0.377 e. The predicted octanol–water partition coefficient (Wildman–Crippen LogP) is 2.21. The lowest BCUT2D eigenvalue weighted by Crippen LogP contribution is -2.04. The number of nitrogens with zero attached hydrogens (tertiary/aromatic N) is 3. The van der Waals surface area contributed by atoms with E-state index in [-0.39, 0.29) is 5.69 Å². The lowest BCUT2D eigenvalue weighted by Gasteiger charge is -2.07. The van der Waals surface area contributed by atoms with E-state index in [0.29, 0.717) is 29.5 Å². The number of benzene rings is 1. The van der Waals surface area contributed by atoms with E-state index in [1.165, 1.54) is 6.07 Å². The number of aromatic nitrogens is 2. The standard InChI is InChI=1S/C11H12N4O3/c1-7-9(4-3-5-10(7)15(16)17)12-6-11-13-8(2)18-14-11/h3-5,12H,6H2,1-2H3. The van der Waals surface area contributed by atoms with Crippen LogP contribution in [-0.4, -0.2) is 15.1 Å². The molecule has 0 bridgehead atoms. The zero-order valence-corrected chi connectivity index (χ0v) is 10.0. The van der Waals surface area contributed by atoms with Gasteiger partial charge in [0, 0.05) is 24.2 Å². The summed E-state index contributed by atoms with van der Waals surface area (Å²) in [6.07, 6.45) is 0. The Balaban J connectivity index is 2.14. The molecule has 7 heteroatoms. The molecule has 0 atom stereocenters. The van der Waals surface area contributed by atoms with Gasteiger partial charge in [0.15, 0.2) is 5.82 Å². The number of hydrogen-bond donors (Lipinski definition) is 1. The van der Waals surface area contributed by atoms with Gasteiger partial charge in [0.2, 0.25) is 5.89 Å².